The van der Waals surface area contributed by atoms with E-state index in [1.54, 1.807) is 0 Å². The first kappa shape index (κ1) is 14.6. The molecule has 0 aliphatic carbocycles. The van der Waals surface area contributed by atoms with Crippen LogP contribution in [0.4, 0.5) is 0 Å². The van der Waals surface area contributed by atoms with Gasteiger partial charge in [-0.3, -0.25) is 9.56 Å². The third kappa shape index (κ3) is 2.40. The van der Waals surface area contributed by atoms with Gasteiger partial charge in [0.1, 0.15) is 6.04 Å². The average molecular weight is 388 g/mol. The summed E-state index contributed by atoms with van der Waals surface area (Å²) in [4.78, 5) is 4.90. The molecule has 1 aromatic heterocycles. The standard InChI is InChI=1S/C17H12BrClN4/c1-10-16-21-22-17(18)23(16)14-8-7-12(19)9-13(14)15(20-10)11-5-3-2-4-6-11/h2-10H,1H3. The largest absolute Gasteiger partial charge is 0.273 e. The van der Waals surface area contributed by atoms with Gasteiger partial charge in [-0.2, -0.15) is 0 Å². The number of hydrogen-bond donors (Lipinski definition) is 0. The lowest BCUT2D eigenvalue weighted by Crippen LogP contribution is -2.07. The fourth-order valence-electron chi connectivity index (χ4n) is 2.81. The molecule has 1 atom stereocenters. The lowest BCUT2D eigenvalue weighted by Gasteiger charge is -2.12. The molecule has 1 unspecified atom stereocenters. The molecule has 6 heteroatoms. The number of aromatic nitrogens is 3. The zero-order valence-corrected chi connectivity index (χ0v) is 14.6. The summed E-state index contributed by atoms with van der Waals surface area (Å²) in [6, 6.07) is 15.8. The molecule has 0 saturated carbocycles. The van der Waals surface area contributed by atoms with E-state index >= 15 is 0 Å². The maximum absolute atomic E-state index is 6.25. The summed E-state index contributed by atoms with van der Waals surface area (Å²) in [6.45, 7) is 2.02. The predicted molar refractivity (Wildman–Crippen MR) is 94.6 cm³/mol. The van der Waals surface area contributed by atoms with Crippen molar-refractivity contribution < 1.29 is 0 Å². The van der Waals surface area contributed by atoms with Crippen LogP contribution >= 0.6 is 27.5 Å². The summed E-state index contributed by atoms with van der Waals surface area (Å²) >= 11 is 9.74. The number of hydrogen-bond acceptors (Lipinski definition) is 3. The Balaban J connectivity index is 2.06. The molecule has 0 bridgehead atoms. The lowest BCUT2D eigenvalue weighted by molar-refractivity contribution is 0.722. The SMILES string of the molecule is CC1N=C(c2ccccc2)c2cc(Cl)ccc2-n2c(Br)nnc21. The third-order valence-electron chi connectivity index (χ3n) is 3.85. The van der Waals surface area contributed by atoms with Crippen LogP contribution in [0, 0.1) is 0 Å². The summed E-state index contributed by atoms with van der Waals surface area (Å²) in [5.74, 6) is 0.798. The molecule has 2 aromatic carbocycles. The highest BCUT2D eigenvalue weighted by atomic mass is 79.9. The van der Waals surface area contributed by atoms with E-state index in [2.05, 4.69) is 38.3 Å². The maximum atomic E-state index is 6.25. The van der Waals surface area contributed by atoms with E-state index in [9.17, 15) is 0 Å². The lowest BCUT2D eigenvalue weighted by atomic mass is 10.0. The van der Waals surface area contributed by atoms with E-state index in [0.717, 1.165) is 28.4 Å². The van der Waals surface area contributed by atoms with Crippen molar-refractivity contribution in [2.24, 2.45) is 4.99 Å². The Morgan fingerprint density at radius 2 is 1.87 bits per heavy atom. The molecule has 0 amide bonds. The fraction of sp³-hybridized carbons (Fsp3) is 0.118. The second kappa shape index (κ2) is 5.58. The molecule has 1 aliphatic rings. The summed E-state index contributed by atoms with van der Waals surface area (Å²) in [7, 11) is 0. The van der Waals surface area contributed by atoms with Crippen LogP contribution < -0.4 is 0 Å². The minimum atomic E-state index is -0.116. The van der Waals surface area contributed by atoms with E-state index in [0.29, 0.717) is 9.76 Å². The average Bonchev–Trinajstić information content (AvgIpc) is 2.89. The first-order chi connectivity index (χ1) is 11.1. The van der Waals surface area contributed by atoms with Gasteiger partial charge in [0.25, 0.3) is 0 Å². The number of benzene rings is 2. The Morgan fingerprint density at radius 3 is 2.65 bits per heavy atom. The smallest absolute Gasteiger partial charge is 0.204 e. The number of nitrogens with zero attached hydrogens (tertiary/aromatic N) is 4. The van der Waals surface area contributed by atoms with E-state index in [-0.39, 0.29) is 6.04 Å². The second-order valence-electron chi connectivity index (χ2n) is 5.34. The topological polar surface area (TPSA) is 43.1 Å². The minimum Gasteiger partial charge on any atom is -0.273 e. The molecule has 0 fully saturated rings. The van der Waals surface area contributed by atoms with E-state index in [4.69, 9.17) is 16.6 Å². The second-order valence-corrected chi connectivity index (χ2v) is 6.49. The van der Waals surface area contributed by atoms with Gasteiger partial charge in [-0.1, -0.05) is 41.9 Å². The Morgan fingerprint density at radius 1 is 1.09 bits per heavy atom. The number of fused-ring (bicyclic) bond motifs is 3. The van der Waals surface area contributed by atoms with Crippen LogP contribution in [0.15, 0.2) is 58.3 Å². The molecule has 0 spiro atoms. The van der Waals surface area contributed by atoms with Crippen LogP contribution in [-0.2, 0) is 0 Å². The number of halogens is 2. The predicted octanol–water partition coefficient (Wildman–Crippen LogP) is 4.60. The van der Waals surface area contributed by atoms with Gasteiger partial charge in [-0.05, 0) is 41.1 Å². The Labute approximate surface area is 147 Å². The molecular formula is C17H12BrClN4. The normalized spacial score (nSPS) is 16.3. The van der Waals surface area contributed by atoms with Crippen LogP contribution in [0.3, 0.4) is 0 Å². The summed E-state index contributed by atoms with van der Waals surface area (Å²) in [6.07, 6.45) is 0. The number of rotatable bonds is 1. The maximum Gasteiger partial charge on any atom is 0.204 e. The zero-order valence-electron chi connectivity index (χ0n) is 12.2. The molecule has 4 rings (SSSR count). The van der Waals surface area contributed by atoms with Crippen molar-refractivity contribution >= 4 is 33.2 Å². The first-order valence-electron chi connectivity index (χ1n) is 7.19. The van der Waals surface area contributed by atoms with Crippen molar-refractivity contribution in [2.45, 2.75) is 13.0 Å². The highest BCUT2D eigenvalue weighted by Gasteiger charge is 2.26. The molecule has 0 saturated heterocycles. The summed E-state index contributed by atoms with van der Waals surface area (Å²) < 4.78 is 2.64. The Hall–Kier alpha value is -1.98. The molecule has 23 heavy (non-hydrogen) atoms. The molecule has 1 aliphatic heterocycles. The number of aliphatic imine (C=N–C) groups is 1. The molecule has 3 aromatic rings. The van der Waals surface area contributed by atoms with Crippen LogP contribution in [0.5, 0.6) is 0 Å². The quantitative estimate of drug-likeness (QED) is 0.612. The molecule has 114 valence electrons. The molecular weight excluding hydrogens is 376 g/mol. The summed E-state index contributed by atoms with van der Waals surface area (Å²) in [5.41, 5.74) is 3.90. The minimum absolute atomic E-state index is 0.116. The van der Waals surface area contributed by atoms with E-state index in [1.165, 1.54) is 0 Å². The van der Waals surface area contributed by atoms with Gasteiger partial charge in [0.05, 0.1) is 11.4 Å². The van der Waals surface area contributed by atoms with Crippen molar-refractivity contribution in [1.29, 1.82) is 0 Å². The van der Waals surface area contributed by atoms with Gasteiger partial charge in [-0.15, -0.1) is 10.2 Å². The highest BCUT2D eigenvalue weighted by Crippen LogP contribution is 2.33. The van der Waals surface area contributed by atoms with E-state index < -0.39 is 0 Å². The zero-order chi connectivity index (χ0) is 16.0. The van der Waals surface area contributed by atoms with E-state index in [1.807, 2.05) is 47.9 Å². The van der Waals surface area contributed by atoms with Crippen molar-refractivity contribution in [1.82, 2.24) is 14.8 Å². The van der Waals surface area contributed by atoms with Crippen LogP contribution in [-0.4, -0.2) is 20.5 Å². The van der Waals surface area contributed by atoms with Crippen molar-refractivity contribution in [3.8, 4) is 5.69 Å². The van der Waals surface area contributed by atoms with Gasteiger partial charge in [-0.25, -0.2) is 0 Å². The van der Waals surface area contributed by atoms with Crippen molar-refractivity contribution in [3.05, 3.63) is 75.2 Å². The van der Waals surface area contributed by atoms with Crippen LogP contribution in [0.25, 0.3) is 5.69 Å². The fourth-order valence-corrected chi connectivity index (χ4v) is 3.43. The molecule has 4 nitrogen and oxygen atoms in total. The molecule has 2 heterocycles. The van der Waals surface area contributed by atoms with Crippen LogP contribution in [0.1, 0.15) is 29.9 Å². The van der Waals surface area contributed by atoms with Gasteiger partial charge >= 0.3 is 0 Å². The third-order valence-corrected chi connectivity index (χ3v) is 4.60. The van der Waals surface area contributed by atoms with Gasteiger partial charge < -0.3 is 0 Å². The molecule has 0 N–H and O–H groups in total. The Bertz CT molecular complexity index is 918. The summed E-state index contributed by atoms with van der Waals surface area (Å²) in [5, 5.41) is 9.08. The highest BCUT2D eigenvalue weighted by molar-refractivity contribution is 9.10. The van der Waals surface area contributed by atoms with Gasteiger partial charge in [0.2, 0.25) is 4.73 Å². The molecule has 0 radical (unpaired) electrons. The Kier molecular flexibility index (Phi) is 3.54. The first-order valence-corrected chi connectivity index (χ1v) is 8.36. The van der Waals surface area contributed by atoms with Crippen molar-refractivity contribution in [2.75, 3.05) is 0 Å². The van der Waals surface area contributed by atoms with Crippen LogP contribution in [0.2, 0.25) is 5.02 Å². The van der Waals surface area contributed by atoms with Gasteiger partial charge in [0, 0.05) is 16.1 Å². The van der Waals surface area contributed by atoms with Gasteiger partial charge in [0.15, 0.2) is 5.82 Å². The van der Waals surface area contributed by atoms with Crippen molar-refractivity contribution in [3.63, 3.8) is 0 Å². The monoisotopic (exact) mass is 386 g/mol.